The van der Waals surface area contributed by atoms with E-state index in [2.05, 4.69) is 32.5 Å². The summed E-state index contributed by atoms with van der Waals surface area (Å²) in [5, 5.41) is 9.28. The van der Waals surface area contributed by atoms with Crippen LogP contribution in [0.15, 0.2) is 36.9 Å². The lowest BCUT2D eigenvalue weighted by molar-refractivity contribution is -0.0270. The van der Waals surface area contributed by atoms with Crippen molar-refractivity contribution in [2.75, 3.05) is 13.2 Å². The van der Waals surface area contributed by atoms with E-state index in [0.717, 1.165) is 43.3 Å². The summed E-state index contributed by atoms with van der Waals surface area (Å²) in [6.45, 7) is 6.33. The summed E-state index contributed by atoms with van der Waals surface area (Å²) in [7, 11) is 0. The second-order valence-corrected chi connectivity index (χ2v) is 9.71. The van der Waals surface area contributed by atoms with E-state index in [0.29, 0.717) is 36.8 Å². The number of nitrogens with zero attached hydrogens (tertiary/aromatic N) is 6. The molecule has 3 heterocycles. The van der Waals surface area contributed by atoms with Gasteiger partial charge in [-0.25, -0.2) is 14.8 Å². The molecule has 2 aliphatic rings. The molecule has 3 aromatic rings. The number of carbonyl (C=O) groups excluding carboxylic acids is 1. The van der Waals surface area contributed by atoms with Crippen molar-refractivity contribution >= 4 is 17.1 Å². The lowest BCUT2D eigenvalue weighted by Crippen LogP contribution is -2.44. The Morgan fingerprint density at radius 1 is 1.24 bits per heavy atom. The van der Waals surface area contributed by atoms with Gasteiger partial charge in [0.1, 0.15) is 5.60 Å². The van der Waals surface area contributed by atoms with E-state index in [-0.39, 0.29) is 11.5 Å². The second kappa shape index (κ2) is 8.60. The Morgan fingerprint density at radius 3 is 2.88 bits per heavy atom. The fraction of sp³-hybridized carbons (Fsp3) is 0.480. The Kier molecular flexibility index (Phi) is 5.60. The second-order valence-electron chi connectivity index (χ2n) is 9.71. The van der Waals surface area contributed by atoms with E-state index >= 15 is 0 Å². The molecule has 2 aromatic heterocycles. The molecule has 1 aromatic carbocycles. The highest BCUT2D eigenvalue weighted by Gasteiger charge is 2.51. The van der Waals surface area contributed by atoms with Crippen molar-refractivity contribution in [2.24, 2.45) is 5.41 Å². The topological polar surface area (TPSA) is 106 Å². The van der Waals surface area contributed by atoms with Gasteiger partial charge < -0.3 is 14.0 Å². The van der Waals surface area contributed by atoms with Crippen LogP contribution in [0.2, 0.25) is 0 Å². The Hall–Kier alpha value is -3.67. The molecule has 0 N–H and O–H groups in total. The molecular weight excluding hydrogens is 432 g/mol. The number of nitriles is 1. The molecule has 34 heavy (non-hydrogen) atoms. The van der Waals surface area contributed by atoms with Crippen LogP contribution in [0, 0.1) is 16.7 Å². The standard InChI is InChI=1S/C25H28N6O3/c1-3-33-22-12-27-19(11-28-22)13-30-16-25(34-23(30)32)8-4-7-24(2,14-25)15-31-17-29-20-6-5-18(10-26)9-21(20)31/h5-6,9,11-12,17H,3-4,7-8,13-16H2,1-2H3/t24-,25+/m0/s1. The maximum atomic E-state index is 12.8. The number of benzene rings is 1. The smallest absolute Gasteiger partial charge is 0.410 e. The van der Waals surface area contributed by atoms with Crippen molar-refractivity contribution in [3.8, 4) is 11.9 Å². The lowest BCUT2D eigenvalue weighted by atomic mass is 9.68. The maximum absolute atomic E-state index is 12.8. The van der Waals surface area contributed by atoms with Crippen molar-refractivity contribution in [1.29, 1.82) is 5.26 Å². The molecule has 176 valence electrons. The zero-order valence-corrected chi connectivity index (χ0v) is 19.5. The minimum absolute atomic E-state index is 0.0657. The van der Waals surface area contributed by atoms with E-state index in [4.69, 9.17) is 9.47 Å². The Bertz CT molecular complexity index is 1250. The van der Waals surface area contributed by atoms with E-state index < -0.39 is 5.60 Å². The first-order valence-corrected chi connectivity index (χ1v) is 11.7. The summed E-state index contributed by atoms with van der Waals surface area (Å²) in [5.74, 6) is 0.476. The summed E-state index contributed by atoms with van der Waals surface area (Å²) in [5.41, 5.74) is 2.59. The van der Waals surface area contributed by atoms with Crippen molar-refractivity contribution in [3.63, 3.8) is 0 Å². The molecule has 2 fully saturated rings. The Labute approximate surface area is 198 Å². The summed E-state index contributed by atoms with van der Waals surface area (Å²) in [6.07, 6.45) is 8.42. The number of hydrogen-bond acceptors (Lipinski definition) is 7. The van der Waals surface area contributed by atoms with Crippen molar-refractivity contribution < 1.29 is 14.3 Å². The molecule has 1 amide bonds. The fourth-order valence-electron chi connectivity index (χ4n) is 5.47. The van der Waals surface area contributed by atoms with Crippen LogP contribution in [-0.4, -0.2) is 49.3 Å². The first-order valence-electron chi connectivity index (χ1n) is 11.7. The van der Waals surface area contributed by atoms with Gasteiger partial charge in [0, 0.05) is 6.54 Å². The average Bonchev–Trinajstić information content (AvgIpc) is 3.34. The predicted octanol–water partition coefficient (Wildman–Crippen LogP) is 4.07. The maximum Gasteiger partial charge on any atom is 0.410 e. The van der Waals surface area contributed by atoms with Crippen molar-refractivity contribution in [2.45, 2.75) is 58.2 Å². The summed E-state index contributed by atoms with van der Waals surface area (Å²) in [6, 6.07) is 7.77. The lowest BCUT2D eigenvalue weighted by Gasteiger charge is -2.43. The molecule has 1 aliphatic carbocycles. The third-order valence-corrected chi connectivity index (χ3v) is 6.83. The molecule has 1 saturated heterocycles. The van der Waals surface area contributed by atoms with Gasteiger partial charge in [-0.1, -0.05) is 6.92 Å². The molecule has 0 radical (unpaired) electrons. The number of amides is 1. The van der Waals surface area contributed by atoms with E-state index in [9.17, 15) is 10.1 Å². The highest BCUT2D eigenvalue weighted by atomic mass is 16.6. The predicted molar refractivity (Wildman–Crippen MR) is 124 cm³/mol. The van der Waals surface area contributed by atoms with Crippen LogP contribution in [0.5, 0.6) is 5.88 Å². The van der Waals surface area contributed by atoms with Crippen LogP contribution in [-0.2, 0) is 17.8 Å². The Morgan fingerprint density at radius 2 is 2.12 bits per heavy atom. The molecular formula is C25H28N6O3. The number of carbonyl (C=O) groups is 1. The van der Waals surface area contributed by atoms with Gasteiger partial charge in [-0.05, 0) is 56.2 Å². The molecule has 1 aliphatic heterocycles. The quantitative estimate of drug-likeness (QED) is 0.546. The van der Waals surface area contributed by atoms with Crippen LogP contribution in [0.4, 0.5) is 4.79 Å². The zero-order chi connectivity index (χ0) is 23.8. The number of imidazole rings is 1. The van der Waals surface area contributed by atoms with Crippen LogP contribution in [0.1, 0.15) is 50.8 Å². The minimum Gasteiger partial charge on any atom is -0.477 e. The van der Waals surface area contributed by atoms with Crippen LogP contribution in [0.25, 0.3) is 11.0 Å². The van der Waals surface area contributed by atoms with Crippen molar-refractivity contribution in [1.82, 2.24) is 24.4 Å². The summed E-state index contributed by atoms with van der Waals surface area (Å²) < 4.78 is 13.5. The summed E-state index contributed by atoms with van der Waals surface area (Å²) >= 11 is 0. The van der Waals surface area contributed by atoms with E-state index in [1.807, 2.05) is 25.4 Å². The van der Waals surface area contributed by atoms with Gasteiger partial charge in [-0.2, -0.15) is 5.26 Å². The molecule has 9 nitrogen and oxygen atoms in total. The average molecular weight is 461 g/mol. The third-order valence-electron chi connectivity index (χ3n) is 6.83. The molecule has 2 atom stereocenters. The number of aromatic nitrogens is 4. The SMILES string of the molecule is CCOc1cnc(CN2C[C@]3(CCC[C@](C)(Cn4cnc5ccc(C#N)cc54)C3)OC2=O)cn1. The van der Waals surface area contributed by atoms with E-state index in [1.54, 1.807) is 23.4 Å². The molecule has 1 saturated carbocycles. The van der Waals surface area contributed by atoms with Gasteiger partial charge in [-0.15, -0.1) is 0 Å². The van der Waals surface area contributed by atoms with Crippen LogP contribution < -0.4 is 4.74 Å². The third kappa shape index (κ3) is 4.28. The molecule has 9 heteroatoms. The number of ether oxygens (including phenoxy) is 2. The van der Waals surface area contributed by atoms with Gasteiger partial charge in [0.15, 0.2) is 0 Å². The van der Waals surface area contributed by atoms with Gasteiger partial charge in [0.05, 0.1) is 66.8 Å². The Balaban J connectivity index is 1.30. The van der Waals surface area contributed by atoms with Crippen LogP contribution >= 0.6 is 0 Å². The monoisotopic (exact) mass is 460 g/mol. The number of rotatable bonds is 6. The first kappa shape index (κ1) is 22.1. The minimum atomic E-state index is -0.503. The van der Waals surface area contributed by atoms with Gasteiger partial charge in [0.2, 0.25) is 5.88 Å². The highest BCUT2D eigenvalue weighted by molar-refractivity contribution is 5.77. The molecule has 5 rings (SSSR count). The normalized spacial score (nSPS) is 24.4. The number of hydrogen-bond donors (Lipinski definition) is 0. The fourth-order valence-corrected chi connectivity index (χ4v) is 5.47. The van der Waals surface area contributed by atoms with Gasteiger partial charge in [-0.3, -0.25) is 9.88 Å². The van der Waals surface area contributed by atoms with Crippen LogP contribution in [0.3, 0.4) is 0 Å². The van der Waals surface area contributed by atoms with E-state index in [1.165, 1.54) is 0 Å². The molecule has 1 spiro atoms. The number of fused-ring (bicyclic) bond motifs is 1. The zero-order valence-electron chi connectivity index (χ0n) is 19.5. The highest BCUT2D eigenvalue weighted by Crippen LogP contribution is 2.47. The molecule has 0 unspecified atom stereocenters. The van der Waals surface area contributed by atoms with Gasteiger partial charge in [0.25, 0.3) is 0 Å². The van der Waals surface area contributed by atoms with Gasteiger partial charge >= 0.3 is 6.09 Å². The summed E-state index contributed by atoms with van der Waals surface area (Å²) in [4.78, 5) is 27.6. The largest absolute Gasteiger partial charge is 0.477 e. The molecule has 0 bridgehead atoms. The first-order chi connectivity index (χ1) is 16.4. The van der Waals surface area contributed by atoms with Crippen molar-refractivity contribution in [3.05, 3.63) is 48.2 Å².